The van der Waals surface area contributed by atoms with Crippen molar-refractivity contribution in [1.82, 2.24) is 0 Å². The first-order chi connectivity index (χ1) is 25.4. The lowest BCUT2D eigenvalue weighted by Crippen LogP contribution is -2.14. The molecule has 0 unspecified atom stereocenters. The number of benzene rings is 9. The smallest absolute Gasteiger partial charge is 0.0619 e. The van der Waals surface area contributed by atoms with Crippen molar-refractivity contribution in [3.63, 3.8) is 0 Å². The molecule has 0 bridgehead atoms. The highest BCUT2D eigenvalue weighted by Gasteiger charge is 2.25. The first-order valence-electron chi connectivity index (χ1n) is 17.8. The molecule has 0 aliphatic rings. The van der Waals surface area contributed by atoms with E-state index in [0.717, 1.165) is 38.6 Å². The van der Waals surface area contributed by atoms with E-state index >= 15 is 0 Å². The lowest BCUT2D eigenvalue weighted by Gasteiger charge is -2.33. The van der Waals surface area contributed by atoms with Gasteiger partial charge >= 0.3 is 0 Å². The molecule has 0 spiro atoms. The fraction of sp³-hybridized carbons (Fsp3) is 0.0612. The van der Waals surface area contributed by atoms with Gasteiger partial charge in [0.05, 0.1) is 11.4 Å². The molecule has 0 amide bonds. The third-order valence-electron chi connectivity index (χ3n) is 10.2. The van der Waals surface area contributed by atoms with Gasteiger partial charge < -0.3 is 9.80 Å². The molecule has 0 saturated carbocycles. The van der Waals surface area contributed by atoms with Gasteiger partial charge in [-0.25, -0.2) is 0 Å². The van der Waals surface area contributed by atoms with Gasteiger partial charge in [0.25, 0.3) is 0 Å². The third-order valence-corrected chi connectivity index (χ3v) is 10.7. The first-order valence-corrected chi connectivity index (χ1v) is 18.6. The molecule has 2 nitrogen and oxygen atoms in total. The lowest BCUT2D eigenvalue weighted by atomic mass is 9.95. The van der Waals surface area contributed by atoms with Crippen LogP contribution >= 0.6 is 15.9 Å². The van der Waals surface area contributed by atoms with Crippen LogP contribution in [0, 0.1) is 20.8 Å². The molecule has 9 aromatic rings. The number of fused-ring (bicyclic) bond motifs is 4. The Hall–Kier alpha value is -5.90. The standard InChI is InChI=1S/C49H37BrN2/c1-32-13-22-40(23-14-32)51(42-26-19-35-28-34(3)12-17-37(35)30-42)48-44-8-4-6-10-46(44)49(47-11-7-5-9-45(47)48)52(41-24-15-33(2)16-25-41)43-27-20-36-29-39(50)21-18-38(36)31-43/h4-31H,1-3H3. The van der Waals surface area contributed by atoms with Crippen LogP contribution in [0.4, 0.5) is 34.1 Å². The van der Waals surface area contributed by atoms with E-state index in [1.165, 1.54) is 59.8 Å². The van der Waals surface area contributed by atoms with Crippen LogP contribution in [-0.2, 0) is 0 Å². The Morgan fingerprint density at radius 2 is 0.673 bits per heavy atom. The van der Waals surface area contributed by atoms with Crippen LogP contribution in [0.2, 0.25) is 0 Å². The normalized spacial score (nSPS) is 11.5. The molecule has 9 rings (SSSR count). The minimum Gasteiger partial charge on any atom is -0.309 e. The summed E-state index contributed by atoms with van der Waals surface area (Å²) in [6, 6.07) is 62.5. The van der Waals surface area contributed by atoms with E-state index < -0.39 is 0 Å². The summed E-state index contributed by atoms with van der Waals surface area (Å²) in [7, 11) is 0. The molecule has 0 aromatic heterocycles. The monoisotopic (exact) mass is 732 g/mol. The highest BCUT2D eigenvalue weighted by molar-refractivity contribution is 9.10. The molecule has 0 saturated heterocycles. The molecule has 9 aromatic carbocycles. The van der Waals surface area contributed by atoms with Gasteiger partial charge in [-0.2, -0.15) is 0 Å². The zero-order valence-electron chi connectivity index (χ0n) is 29.4. The average Bonchev–Trinajstić information content (AvgIpc) is 3.17. The SMILES string of the molecule is Cc1ccc(N(c2ccc3cc(C)ccc3c2)c2c3ccccc3c(N(c3ccc(C)cc3)c3ccc4cc(Br)ccc4c3)c3ccccc23)cc1. The summed E-state index contributed by atoms with van der Waals surface area (Å²) in [5.74, 6) is 0. The molecular formula is C49H37BrN2. The van der Waals surface area contributed by atoms with Crippen LogP contribution < -0.4 is 9.80 Å². The molecule has 0 N–H and O–H groups in total. The largest absolute Gasteiger partial charge is 0.309 e. The maximum atomic E-state index is 3.67. The number of rotatable bonds is 6. The highest BCUT2D eigenvalue weighted by Crippen LogP contribution is 2.51. The van der Waals surface area contributed by atoms with Gasteiger partial charge in [0.1, 0.15) is 0 Å². The highest BCUT2D eigenvalue weighted by atomic mass is 79.9. The van der Waals surface area contributed by atoms with Crippen LogP contribution in [0.25, 0.3) is 43.1 Å². The van der Waals surface area contributed by atoms with Gasteiger partial charge in [0.2, 0.25) is 0 Å². The Bertz CT molecular complexity index is 2530. The van der Waals surface area contributed by atoms with Crippen LogP contribution in [-0.4, -0.2) is 0 Å². The predicted octanol–water partition coefficient (Wildman–Crippen LogP) is 14.9. The van der Waals surface area contributed by atoms with Crippen LogP contribution in [0.15, 0.2) is 174 Å². The van der Waals surface area contributed by atoms with Crippen molar-refractivity contribution in [3.05, 3.63) is 191 Å². The van der Waals surface area contributed by atoms with E-state index in [-0.39, 0.29) is 0 Å². The van der Waals surface area contributed by atoms with Crippen molar-refractivity contribution < 1.29 is 0 Å². The molecule has 250 valence electrons. The summed E-state index contributed by atoms with van der Waals surface area (Å²) in [4.78, 5) is 4.90. The number of halogens is 1. The molecule has 0 atom stereocenters. The van der Waals surface area contributed by atoms with E-state index in [0.29, 0.717) is 0 Å². The Morgan fingerprint density at radius 1 is 0.327 bits per heavy atom. The zero-order valence-corrected chi connectivity index (χ0v) is 31.0. The Labute approximate surface area is 313 Å². The molecule has 0 radical (unpaired) electrons. The Morgan fingerprint density at radius 3 is 1.13 bits per heavy atom. The van der Waals surface area contributed by atoms with Gasteiger partial charge in [-0.1, -0.05) is 142 Å². The second-order valence-corrected chi connectivity index (χ2v) is 14.8. The van der Waals surface area contributed by atoms with Crippen LogP contribution in [0.3, 0.4) is 0 Å². The molecule has 0 heterocycles. The second kappa shape index (κ2) is 13.0. The molecule has 0 fully saturated rings. The van der Waals surface area contributed by atoms with E-state index in [9.17, 15) is 0 Å². The number of anilines is 6. The average molecular weight is 734 g/mol. The second-order valence-electron chi connectivity index (χ2n) is 13.8. The first kappa shape index (κ1) is 32.0. The van der Waals surface area contributed by atoms with Gasteiger partial charge in [0, 0.05) is 48.8 Å². The van der Waals surface area contributed by atoms with E-state index in [1.54, 1.807) is 0 Å². The topological polar surface area (TPSA) is 6.48 Å². The van der Waals surface area contributed by atoms with Crippen molar-refractivity contribution in [2.24, 2.45) is 0 Å². The van der Waals surface area contributed by atoms with Gasteiger partial charge in [-0.15, -0.1) is 0 Å². The predicted molar refractivity (Wildman–Crippen MR) is 228 cm³/mol. The molecule has 0 aliphatic carbocycles. The third kappa shape index (κ3) is 5.68. The summed E-state index contributed by atoms with van der Waals surface area (Å²) >= 11 is 3.67. The summed E-state index contributed by atoms with van der Waals surface area (Å²) < 4.78 is 1.08. The number of hydrogen-bond donors (Lipinski definition) is 0. The van der Waals surface area contributed by atoms with Gasteiger partial charge in [0.15, 0.2) is 0 Å². The van der Waals surface area contributed by atoms with Crippen molar-refractivity contribution in [1.29, 1.82) is 0 Å². The number of aryl methyl sites for hydroxylation is 3. The minimum atomic E-state index is 1.08. The zero-order chi connectivity index (χ0) is 35.3. The minimum absolute atomic E-state index is 1.08. The van der Waals surface area contributed by atoms with Crippen molar-refractivity contribution in [3.8, 4) is 0 Å². The van der Waals surface area contributed by atoms with E-state index in [2.05, 4.69) is 216 Å². The van der Waals surface area contributed by atoms with Crippen LogP contribution in [0.1, 0.15) is 16.7 Å². The lowest BCUT2D eigenvalue weighted by molar-refractivity contribution is 1.29. The molecular weight excluding hydrogens is 696 g/mol. The summed E-state index contributed by atoms with van der Waals surface area (Å²) in [5.41, 5.74) is 10.5. The molecule has 52 heavy (non-hydrogen) atoms. The Kier molecular flexibility index (Phi) is 8.02. The van der Waals surface area contributed by atoms with Crippen molar-refractivity contribution in [2.45, 2.75) is 20.8 Å². The number of hydrogen-bond acceptors (Lipinski definition) is 2. The van der Waals surface area contributed by atoms with Crippen LogP contribution in [0.5, 0.6) is 0 Å². The summed E-state index contributed by atoms with van der Waals surface area (Å²) in [5, 5.41) is 9.59. The quantitative estimate of drug-likeness (QED) is 0.124. The van der Waals surface area contributed by atoms with Crippen molar-refractivity contribution >= 4 is 93.1 Å². The van der Waals surface area contributed by atoms with Gasteiger partial charge in [-0.05, 0) is 103 Å². The van der Waals surface area contributed by atoms with Gasteiger partial charge in [-0.3, -0.25) is 0 Å². The number of nitrogens with zero attached hydrogens (tertiary/aromatic N) is 2. The summed E-state index contributed by atoms with van der Waals surface area (Å²) in [6.45, 7) is 6.45. The maximum absolute atomic E-state index is 3.67. The summed E-state index contributed by atoms with van der Waals surface area (Å²) in [6.07, 6.45) is 0. The Balaban J connectivity index is 1.37. The van der Waals surface area contributed by atoms with E-state index in [1.807, 2.05) is 0 Å². The maximum Gasteiger partial charge on any atom is 0.0619 e. The van der Waals surface area contributed by atoms with Crippen molar-refractivity contribution in [2.75, 3.05) is 9.80 Å². The molecule has 0 aliphatic heterocycles. The van der Waals surface area contributed by atoms with E-state index in [4.69, 9.17) is 0 Å². The molecule has 3 heteroatoms. The fourth-order valence-electron chi connectivity index (χ4n) is 7.60. The fourth-order valence-corrected chi connectivity index (χ4v) is 7.98.